The van der Waals surface area contributed by atoms with Crippen molar-refractivity contribution < 1.29 is 22.7 Å². The van der Waals surface area contributed by atoms with Gasteiger partial charge in [0.15, 0.2) is 4.34 Å². The van der Waals surface area contributed by atoms with E-state index in [9.17, 15) is 18.0 Å². The molecule has 1 aromatic heterocycles. The number of hydrogen-bond acceptors (Lipinski definition) is 9. The molecule has 0 radical (unpaired) electrons. The smallest absolute Gasteiger partial charge is 0.316 e. The normalized spacial score (nSPS) is 14.9. The first-order valence-electron chi connectivity index (χ1n) is 9.85. The summed E-state index contributed by atoms with van der Waals surface area (Å²) in [5.74, 6) is -0.727. The number of sulfonamides is 1. The Labute approximate surface area is 189 Å². The highest BCUT2D eigenvalue weighted by atomic mass is 32.2. The highest BCUT2D eigenvalue weighted by Gasteiger charge is 2.28. The van der Waals surface area contributed by atoms with Crippen molar-refractivity contribution in [3.05, 3.63) is 29.3 Å². The Hall–Kier alpha value is -2.02. The van der Waals surface area contributed by atoms with Crippen LogP contribution in [0.15, 0.2) is 27.4 Å². The number of anilines is 1. The number of piperidine rings is 1. The summed E-state index contributed by atoms with van der Waals surface area (Å²) in [6.07, 6.45) is 2.70. The summed E-state index contributed by atoms with van der Waals surface area (Å²) >= 11 is 2.30. The van der Waals surface area contributed by atoms with Gasteiger partial charge in [0.25, 0.3) is 5.91 Å². The van der Waals surface area contributed by atoms with Gasteiger partial charge in [0.05, 0.1) is 17.3 Å². The average Bonchev–Trinajstić information content (AvgIpc) is 3.20. The van der Waals surface area contributed by atoms with Gasteiger partial charge in [0.1, 0.15) is 0 Å². The van der Waals surface area contributed by atoms with E-state index in [1.54, 1.807) is 26.0 Å². The van der Waals surface area contributed by atoms with E-state index in [0.717, 1.165) is 30.6 Å². The summed E-state index contributed by atoms with van der Waals surface area (Å²) in [5.41, 5.74) is 0.813. The number of aromatic nitrogens is 2. The van der Waals surface area contributed by atoms with Crippen LogP contribution in [0.1, 0.15) is 42.1 Å². The second-order valence-electron chi connectivity index (χ2n) is 6.87. The van der Waals surface area contributed by atoms with Crippen molar-refractivity contribution in [3.8, 4) is 0 Å². The molecule has 1 aromatic carbocycles. The molecule has 0 aliphatic carbocycles. The number of aryl methyl sites for hydroxylation is 1. The monoisotopic (exact) mass is 484 g/mol. The molecule has 0 spiro atoms. The van der Waals surface area contributed by atoms with Gasteiger partial charge in [-0.2, -0.15) is 4.31 Å². The van der Waals surface area contributed by atoms with Crippen LogP contribution in [0, 0.1) is 6.92 Å². The van der Waals surface area contributed by atoms with E-state index < -0.39 is 15.9 Å². The average molecular weight is 485 g/mol. The fraction of sp³-hybridized carbons (Fsp3) is 0.474. The summed E-state index contributed by atoms with van der Waals surface area (Å²) in [7, 11) is -3.66. The van der Waals surface area contributed by atoms with Crippen molar-refractivity contribution in [1.82, 2.24) is 14.5 Å². The Morgan fingerprint density at radius 2 is 1.97 bits per heavy atom. The van der Waals surface area contributed by atoms with Gasteiger partial charge in [-0.3, -0.25) is 14.9 Å². The Kier molecular flexibility index (Phi) is 8.03. The number of carbonyl (C=O) groups excluding carboxylic acids is 2. The molecule has 1 fully saturated rings. The van der Waals surface area contributed by atoms with Gasteiger partial charge < -0.3 is 4.74 Å². The first-order chi connectivity index (χ1) is 14.8. The van der Waals surface area contributed by atoms with Gasteiger partial charge in [-0.15, -0.1) is 10.2 Å². The molecule has 168 valence electrons. The third-order valence-corrected chi connectivity index (χ3v) is 8.62. The van der Waals surface area contributed by atoms with Crippen molar-refractivity contribution in [2.75, 3.05) is 30.8 Å². The number of nitrogens with zero attached hydrogens (tertiary/aromatic N) is 3. The number of thioether (sulfide) groups is 1. The predicted molar refractivity (Wildman–Crippen MR) is 119 cm³/mol. The van der Waals surface area contributed by atoms with Crippen molar-refractivity contribution in [2.45, 2.75) is 42.3 Å². The van der Waals surface area contributed by atoms with Gasteiger partial charge in [-0.1, -0.05) is 35.6 Å². The zero-order valence-electron chi connectivity index (χ0n) is 17.3. The lowest BCUT2D eigenvalue weighted by molar-refractivity contribution is -0.139. The number of hydrogen-bond donors (Lipinski definition) is 1. The molecular formula is C19H24N4O5S3. The van der Waals surface area contributed by atoms with Gasteiger partial charge in [-0.05, 0) is 44.4 Å². The molecule has 0 unspecified atom stereocenters. The van der Waals surface area contributed by atoms with Gasteiger partial charge in [0, 0.05) is 18.7 Å². The second kappa shape index (κ2) is 10.5. The quantitative estimate of drug-likeness (QED) is 0.345. The Balaban J connectivity index is 1.70. The Morgan fingerprint density at radius 3 is 2.68 bits per heavy atom. The summed E-state index contributed by atoms with van der Waals surface area (Å²) in [6.45, 7) is 4.75. The Bertz CT molecular complexity index is 1050. The van der Waals surface area contributed by atoms with E-state index in [0.29, 0.717) is 29.6 Å². The molecule has 3 rings (SSSR count). The molecule has 0 atom stereocenters. The third-order valence-electron chi connectivity index (χ3n) is 4.63. The predicted octanol–water partition coefficient (Wildman–Crippen LogP) is 2.93. The van der Waals surface area contributed by atoms with Crippen molar-refractivity contribution in [1.29, 1.82) is 0 Å². The maximum Gasteiger partial charge on any atom is 0.316 e. The molecule has 12 heteroatoms. The highest BCUT2D eigenvalue weighted by molar-refractivity contribution is 8.01. The number of amides is 1. The van der Waals surface area contributed by atoms with Crippen LogP contribution in [-0.4, -0.2) is 60.2 Å². The lowest BCUT2D eigenvalue weighted by Crippen LogP contribution is -2.36. The standard InChI is InChI=1S/C19H24N4O5S3/c1-3-28-16(24)12-29-19-22-21-18(30-19)20-17(25)14-8-7-13(2)15(11-14)31(26,27)23-9-5-4-6-10-23/h7-8,11H,3-6,9-10,12H2,1-2H3,(H,20,21,25). The van der Waals surface area contributed by atoms with E-state index in [1.165, 1.54) is 22.1 Å². The first-order valence-corrected chi connectivity index (χ1v) is 13.1. The minimum atomic E-state index is -3.66. The number of ether oxygens (including phenoxy) is 1. The summed E-state index contributed by atoms with van der Waals surface area (Å²) in [4.78, 5) is 24.3. The summed E-state index contributed by atoms with van der Waals surface area (Å²) in [5, 5.41) is 10.7. The van der Waals surface area contributed by atoms with E-state index in [2.05, 4.69) is 15.5 Å². The Morgan fingerprint density at radius 1 is 1.23 bits per heavy atom. The topological polar surface area (TPSA) is 119 Å². The number of carbonyl (C=O) groups is 2. The van der Waals surface area contributed by atoms with Crippen LogP contribution in [0.4, 0.5) is 5.13 Å². The van der Waals surface area contributed by atoms with Crippen LogP contribution in [0.25, 0.3) is 0 Å². The zero-order chi connectivity index (χ0) is 22.4. The van der Waals surface area contributed by atoms with Gasteiger partial charge >= 0.3 is 5.97 Å². The number of nitrogens with one attached hydrogen (secondary N) is 1. The van der Waals surface area contributed by atoms with E-state index in [1.807, 2.05) is 0 Å². The molecule has 2 heterocycles. The molecule has 1 saturated heterocycles. The summed E-state index contributed by atoms with van der Waals surface area (Å²) in [6, 6.07) is 4.62. The fourth-order valence-electron chi connectivity index (χ4n) is 3.07. The first kappa shape index (κ1) is 23.6. The molecule has 1 amide bonds. The highest BCUT2D eigenvalue weighted by Crippen LogP contribution is 2.27. The lowest BCUT2D eigenvalue weighted by Gasteiger charge is -2.26. The SMILES string of the molecule is CCOC(=O)CSc1nnc(NC(=O)c2ccc(C)c(S(=O)(=O)N3CCCCC3)c2)s1. The van der Waals surface area contributed by atoms with Gasteiger partial charge in [0.2, 0.25) is 15.2 Å². The molecule has 1 N–H and O–H groups in total. The van der Waals surface area contributed by atoms with Crippen LogP contribution in [0.5, 0.6) is 0 Å². The van der Waals surface area contributed by atoms with E-state index in [-0.39, 0.29) is 27.3 Å². The lowest BCUT2D eigenvalue weighted by atomic mass is 10.1. The zero-order valence-corrected chi connectivity index (χ0v) is 19.7. The van der Waals surface area contributed by atoms with Crippen LogP contribution in [0.3, 0.4) is 0 Å². The maximum absolute atomic E-state index is 13.1. The van der Waals surface area contributed by atoms with Gasteiger partial charge in [-0.25, -0.2) is 8.42 Å². The van der Waals surface area contributed by atoms with Crippen molar-refractivity contribution in [2.24, 2.45) is 0 Å². The number of benzene rings is 1. The molecule has 1 aliphatic rings. The number of rotatable bonds is 8. The molecule has 2 aromatic rings. The van der Waals surface area contributed by atoms with Crippen LogP contribution in [-0.2, 0) is 19.6 Å². The molecular weight excluding hydrogens is 460 g/mol. The molecule has 1 aliphatic heterocycles. The third kappa shape index (κ3) is 6.03. The van der Waals surface area contributed by atoms with E-state index >= 15 is 0 Å². The van der Waals surface area contributed by atoms with Crippen molar-refractivity contribution >= 4 is 50.1 Å². The largest absolute Gasteiger partial charge is 0.465 e. The fourth-order valence-corrected chi connectivity index (χ4v) is 6.39. The summed E-state index contributed by atoms with van der Waals surface area (Å²) < 4.78 is 33.0. The molecule has 9 nitrogen and oxygen atoms in total. The molecule has 0 bridgehead atoms. The maximum atomic E-state index is 13.1. The van der Waals surface area contributed by atoms with Crippen LogP contribution >= 0.6 is 23.1 Å². The van der Waals surface area contributed by atoms with Crippen molar-refractivity contribution in [3.63, 3.8) is 0 Å². The van der Waals surface area contributed by atoms with E-state index in [4.69, 9.17) is 4.74 Å². The van der Waals surface area contributed by atoms with Crippen LogP contribution in [0.2, 0.25) is 0 Å². The second-order valence-corrected chi connectivity index (χ2v) is 11.0. The van der Waals surface area contributed by atoms with Crippen LogP contribution < -0.4 is 5.32 Å². The number of esters is 1. The minimum absolute atomic E-state index is 0.103. The minimum Gasteiger partial charge on any atom is -0.465 e. The molecule has 31 heavy (non-hydrogen) atoms. The molecule has 0 saturated carbocycles.